The smallest absolute Gasteiger partial charge is 0.251 e. The number of Topliss-reactive ketones (excluding diaryl/α,β-unsaturated/α-hetero) is 1. The van der Waals surface area contributed by atoms with E-state index < -0.39 is 6.04 Å². The lowest BCUT2D eigenvalue weighted by Crippen LogP contribution is -2.48. The third-order valence-corrected chi connectivity index (χ3v) is 8.21. The summed E-state index contributed by atoms with van der Waals surface area (Å²) in [5, 5.41) is 3.12. The molecule has 2 heterocycles. The van der Waals surface area contributed by atoms with Gasteiger partial charge in [0.15, 0.2) is 5.78 Å². The summed E-state index contributed by atoms with van der Waals surface area (Å²) in [6.07, 6.45) is 9.09. The van der Waals surface area contributed by atoms with Crippen LogP contribution in [0.15, 0.2) is 24.3 Å². The molecule has 1 unspecified atom stereocenters. The van der Waals surface area contributed by atoms with E-state index in [0.29, 0.717) is 25.3 Å². The van der Waals surface area contributed by atoms with Crippen LogP contribution in [-0.2, 0) is 14.3 Å². The molecule has 3 aliphatic rings. The van der Waals surface area contributed by atoms with Crippen molar-refractivity contribution in [2.24, 2.45) is 17.8 Å². The number of ether oxygens (including phenoxy) is 1. The number of ketones is 1. The predicted octanol–water partition coefficient (Wildman–Crippen LogP) is 4.72. The first-order chi connectivity index (χ1) is 16.9. The molecule has 0 spiro atoms. The number of carbonyl (C=O) groups is 3. The van der Waals surface area contributed by atoms with Crippen LogP contribution in [0.1, 0.15) is 93.5 Å². The van der Waals surface area contributed by atoms with Crippen molar-refractivity contribution < 1.29 is 19.1 Å². The average Bonchev–Trinajstić information content (AvgIpc) is 2.92. The van der Waals surface area contributed by atoms with Gasteiger partial charge in [-0.2, -0.15) is 0 Å². The average molecular weight is 483 g/mol. The van der Waals surface area contributed by atoms with Crippen molar-refractivity contribution in [2.75, 3.05) is 26.3 Å². The molecule has 6 heteroatoms. The Morgan fingerprint density at radius 3 is 2.43 bits per heavy atom. The number of nitrogens with one attached hydrogen (secondary N) is 1. The molecule has 3 fully saturated rings. The first-order valence-electron chi connectivity index (χ1n) is 13.7. The first kappa shape index (κ1) is 25.9. The van der Waals surface area contributed by atoms with E-state index in [1.165, 1.54) is 6.42 Å². The largest absolute Gasteiger partial charge is 0.381 e. The van der Waals surface area contributed by atoms with Crippen molar-refractivity contribution in [3.05, 3.63) is 35.4 Å². The molecule has 2 aliphatic heterocycles. The molecule has 6 nitrogen and oxygen atoms in total. The minimum Gasteiger partial charge on any atom is -0.381 e. The van der Waals surface area contributed by atoms with Crippen LogP contribution in [0.5, 0.6) is 0 Å². The summed E-state index contributed by atoms with van der Waals surface area (Å²) in [6, 6.07) is 7.41. The van der Waals surface area contributed by atoms with E-state index in [1.807, 2.05) is 36.9 Å². The fourth-order valence-electron chi connectivity index (χ4n) is 6.06. The third kappa shape index (κ3) is 6.52. The molecule has 0 aromatic heterocycles. The Hall–Kier alpha value is -2.21. The summed E-state index contributed by atoms with van der Waals surface area (Å²) in [5.41, 5.74) is 1.71. The second-order valence-electron chi connectivity index (χ2n) is 11.0. The minimum atomic E-state index is -0.409. The number of likely N-dealkylation sites (tertiary alicyclic amines) is 1. The van der Waals surface area contributed by atoms with Gasteiger partial charge < -0.3 is 15.0 Å². The lowest BCUT2D eigenvalue weighted by Gasteiger charge is -2.36. The number of amides is 2. The summed E-state index contributed by atoms with van der Waals surface area (Å²) in [6.45, 7) is 6.70. The van der Waals surface area contributed by atoms with Crippen LogP contribution >= 0.6 is 0 Å². The Labute approximate surface area is 210 Å². The minimum absolute atomic E-state index is 0.0785. The Balaban J connectivity index is 1.43. The number of hydrogen-bond donors (Lipinski definition) is 1. The lowest BCUT2D eigenvalue weighted by atomic mass is 9.80. The molecule has 192 valence electrons. The normalized spacial score (nSPS) is 23.2. The van der Waals surface area contributed by atoms with E-state index in [0.717, 1.165) is 63.5 Å². The molecule has 2 amide bonds. The summed E-state index contributed by atoms with van der Waals surface area (Å²) in [7, 11) is 0. The van der Waals surface area contributed by atoms with E-state index in [4.69, 9.17) is 4.74 Å². The van der Waals surface area contributed by atoms with Gasteiger partial charge in [0, 0.05) is 49.6 Å². The fraction of sp³-hybridized carbons (Fsp3) is 0.690. The molecule has 1 N–H and O–H groups in total. The highest BCUT2D eigenvalue weighted by atomic mass is 16.5. The maximum atomic E-state index is 13.3. The number of carbonyl (C=O) groups excluding carboxylic acids is 3. The zero-order chi connectivity index (χ0) is 24.8. The Bertz CT molecular complexity index is 886. The predicted molar refractivity (Wildman–Crippen MR) is 136 cm³/mol. The highest BCUT2D eigenvalue weighted by Crippen LogP contribution is 2.31. The van der Waals surface area contributed by atoms with Gasteiger partial charge in [-0.05, 0) is 62.1 Å². The van der Waals surface area contributed by atoms with Gasteiger partial charge in [0.2, 0.25) is 5.91 Å². The van der Waals surface area contributed by atoms with Gasteiger partial charge in [-0.15, -0.1) is 0 Å². The topological polar surface area (TPSA) is 75.7 Å². The van der Waals surface area contributed by atoms with Crippen molar-refractivity contribution in [2.45, 2.75) is 83.6 Å². The number of piperidine rings is 1. The van der Waals surface area contributed by atoms with Gasteiger partial charge >= 0.3 is 0 Å². The van der Waals surface area contributed by atoms with Crippen molar-refractivity contribution in [1.29, 1.82) is 0 Å². The second-order valence-corrected chi connectivity index (χ2v) is 11.0. The Morgan fingerprint density at radius 1 is 0.971 bits per heavy atom. The van der Waals surface area contributed by atoms with Crippen molar-refractivity contribution in [3.63, 3.8) is 0 Å². The van der Waals surface area contributed by atoms with Crippen LogP contribution < -0.4 is 5.32 Å². The fourth-order valence-corrected chi connectivity index (χ4v) is 6.06. The molecule has 35 heavy (non-hydrogen) atoms. The van der Waals surface area contributed by atoms with Crippen LogP contribution in [0.3, 0.4) is 0 Å². The lowest BCUT2D eigenvalue weighted by molar-refractivity contribution is -0.139. The number of nitrogens with zero attached hydrogens (tertiary/aromatic N) is 1. The number of hydrogen-bond acceptors (Lipinski definition) is 4. The van der Waals surface area contributed by atoms with E-state index in [-0.39, 0.29) is 41.3 Å². The van der Waals surface area contributed by atoms with Crippen molar-refractivity contribution >= 4 is 17.6 Å². The summed E-state index contributed by atoms with van der Waals surface area (Å²) < 4.78 is 5.43. The van der Waals surface area contributed by atoms with Gasteiger partial charge in [-0.1, -0.05) is 45.2 Å². The first-order valence-corrected chi connectivity index (χ1v) is 13.7. The second kappa shape index (κ2) is 12.2. The van der Waals surface area contributed by atoms with Gasteiger partial charge in [-0.25, -0.2) is 0 Å². The van der Waals surface area contributed by atoms with E-state index >= 15 is 0 Å². The van der Waals surface area contributed by atoms with Crippen LogP contribution in [0.25, 0.3) is 0 Å². The van der Waals surface area contributed by atoms with E-state index in [1.54, 1.807) is 0 Å². The molecule has 0 bridgehead atoms. The SMILES string of the molecule is CC(C)C(=O)[C@H](NC(=O)c1cccc(C2CCCN(C(=O)C3CCOCC3)C2)c1)C1CCCCC1. The van der Waals surface area contributed by atoms with Crippen LogP contribution in [-0.4, -0.2) is 54.8 Å². The van der Waals surface area contributed by atoms with Crippen molar-refractivity contribution in [3.8, 4) is 0 Å². The standard InChI is InChI=1S/C29H42N2O4/c1-20(2)27(32)26(21-8-4-3-5-9-21)30-28(33)24-11-6-10-23(18-24)25-12-7-15-31(19-25)29(34)22-13-16-35-17-14-22/h6,10-11,18,20-22,25-26H,3-5,7-9,12-17,19H2,1-2H3,(H,30,33)/t25?,26-/m1/s1. The molecule has 1 aliphatic carbocycles. The van der Waals surface area contributed by atoms with Crippen molar-refractivity contribution in [1.82, 2.24) is 10.2 Å². The number of benzene rings is 1. The summed E-state index contributed by atoms with van der Waals surface area (Å²) in [4.78, 5) is 41.4. The molecule has 2 atom stereocenters. The van der Waals surface area contributed by atoms with E-state index in [2.05, 4.69) is 11.4 Å². The van der Waals surface area contributed by atoms with Gasteiger partial charge in [-0.3, -0.25) is 14.4 Å². The Kier molecular flexibility index (Phi) is 8.99. The van der Waals surface area contributed by atoms with Crippen LogP contribution in [0, 0.1) is 17.8 Å². The molecule has 0 radical (unpaired) electrons. The molecule has 1 aromatic rings. The van der Waals surface area contributed by atoms with Crippen LogP contribution in [0.4, 0.5) is 0 Å². The van der Waals surface area contributed by atoms with Gasteiger partial charge in [0.25, 0.3) is 5.91 Å². The summed E-state index contributed by atoms with van der Waals surface area (Å²) >= 11 is 0. The van der Waals surface area contributed by atoms with E-state index in [9.17, 15) is 14.4 Å². The molecule has 1 saturated carbocycles. The zero-order valence-electron chi connectivity index (χ0n) is 21.5. The molecular formula is C29H42N2O4. The maximum absolute atomic E-state index is 13.3. The quantitative estimate of drug-likeness (QED) is 0.610. The zero-order valence-corrected chi connectivity index (χ0v) is 21.5. The monoisotopic (exact) mass is 482 g/mol. The summed E-state index contributed by atoms with van der Waals surface area (Å²) in [5.74, 6) is 0.665. The molecule has 4 rings (SSSR count). The van der Waals surface area contributed by atoms with Crippen LogP contribution in [0.2, 0.25) is 0 Å². The number of rotatable bonds is 7. The molecular weight excluding hydrogens is 440 g/mol. The third-order valence-electron chi connectivity index (χ3n) is 8.21. The molecule has 1 aromatic carbocycles. The molecule has 2 saturated heterocycles. The Morgan fingerprint density at radius 2 is 1.71 bits per heavy atom. The van der Waals surface area contributed by atoms with Gasteiger partial charge in [0.1, 0.15) is 0 Å². The maximum Gasteiger partial charge on any atom is 0.251 e. The highest BCUT2D eigenvalue weighted by Gasteiger charge is 2.33. The highest BCUT2D eigenvalue weighted by molar-refractivity contribution is 5.98. The van der Waals surface area contributed by atoms with Gasteiger partial charge in [0.05, 0.1) is 6.04 Å².